The molecule has 1 aromatic rings. The first-order valence-corrected chi connectivity index (χ1v) is 8.28. The van der Waals surface area contributed by atoms with E-state index in [1.54, 1.807) is 31.4 Å². The summed E-state index contributed by atoms with van der Waals surface area (Å²) < 4.78 is 32.2. The molecule has 0 amide bonds. The molecule has 1 fully saturated rings. The SMILES string of the molecule is COC1CC(NS(=O)(=O)c2ccc(CCCO)cc2)C1. The lowest BCUT2D eigenvalue weighted by Gasteiger charge is -2.34. The molecule has 112 valence electrons. The highest BCUT2D eigenvalue weighted by Gasteiger charge is 2.32. The fourth-order valence-electron chi connectivity index (χ4n) is 2.26. The van der Waals surface area contributed by atoms with Gasteiger partial charge in [-0.05, 0) is 43.4 Å². The molecule has 0 atom stereocenters. The molecule has 0 spiro atoms. The van der Waals surface area contributed by atoms with E-state index in [-0.39, 0.29) is 23.6 Å². The number of aliphatic hydroxyl groups excluding tert-OH is 1. The Hall–Kier alpha value is -0.950. The Bertz CT molecular complexity index is 521. The van der Waals surface area contributed by atoms with Crippen LogP contribution in [0.1, 0.15) is 24.8 Å². The van der Waals surface area contributed by atoms with E-state index in [1.807, 2.05) is 0 Å². The number of ether oxygens (including phenoxy) is 1. The summed E-state index contributed by atoms with van der Waals surface area (Å²) in [5.41, 5.74) is 1.03. The predicted octanol–water partition coefficient (Wildman–Crippen LogP) is 1.07. The molecular formula is C14H21NO4S. The van der Waals surface area contributed by atoms with Gasteiger partial charge in [0.1, 0.15) is 0 Å². The molecule has 0 unspecified atom stereocenters. The molecule has 1 aromatic carbocycles. The van der Waals surface area contributed by atoms with E-state index in [0.717, 1.165) is 24.8 Å². The average molecular weight is 299 g/mol. The third-order valence-electron chi connectivity index (χ3n) is 3.61. The lowest BCUT2D eigenvalue weighted by Crippen LogP contribution is -2.47. The topological polar surface area (TPSA) is 75.6 Å². The molecule has 0 saturated heterocycles. The molecule has 1 saturated carbocycles. The van der Waals surface area contributed by atoms with Crippen LogP contribution in [0, 0.1) is 0 Å². The van der Waals surface area contributed by atoms with Crippen molar-refractivity contribution in [3.63, 3.8) is 0 Å². The van der Waals surface area contributed by atoms with Crippen molar-refractivity contribution < 1.29 is 18.3 Å². The summed E-state index contributed by atoms with van der Waals surface area (Å²) in [6, 6.07) is 6.79. The van der Waals surface area contributed by atoms with Crippen molar-refractivity contribution in [1.29, 1.82) is 0 Å². The van der Waals surface area contributed by atoms with Crippen LogP contribution in [0.3, 0.4) is 0 Å². The fraction of sp³-hybridized carbons (Fsp3) is 0.571. The van der Waals surface area contributed by atoms with Crippen molar-refractivity contribution >= 4 is 10.0 Å². The number of benzene rings is 1. The Morgan fingerprint density at radius 3 is 2.50 bits per heavy atom. The zero-order valence-corrected chi connectivity index (χ0v) is 12.4. The molecule has 5 nitrogen and oxygen atoms in total. The number of sulfonamides is 1. The summed E-state index contributed by atoms with van der Waals surface area (Å²) in [5.74, 6) is 0. The van der Waals surface area contributed by atoms with Gasteiger partial charge in [0.2, 0.25) is 10.0 Å². The summed E-state index contributed by atoms with van der Waals surface area (Å²) in [5, 5.41) is 8.77. The maximum Gasteiger partial charge on any atom is 0.240 e. The van der Waals surface area contributed by atoms with Gasteiger partial charge in [-0.15, -0.1) is 0 Å². The molecule has 0 radical (unpaired) electrons. The smallest absolute Gasteiger partial charge is 0.240 e. The Kier molecular flexibility index (Phi) is 5.15. The van der Waals surface area contributed by atoms with E-state index in [1.165, 1.54) is 0 Å². The molecule has 0 heterocycles. The molecule has 1 aliphatic rings. The molecule has 2 rings (SSSR count). The Balaban J connectivity index is 1.95. The van der Waals surface area contributed by atoms with Crippen LogP contribution < -0.4 is 4.72 Å². The predicted molar refractivity (Wildman–Crippen MR) is 76.0 cm³/mol. The number of rotatable bonds is 7. The van der Waals surface area contributed by atoms with Crippen LogP contribution in [0.5, 0.6) is 0 Å². The zero-order chi connectivity index (χ0) is 14.6. The van der Waals surface area contributed by atoms with E-state index >= 15 is 0 Å². The van der Waals surface area contributed by atoms with Gasteiger partial charge in [0.15, 0.2) is 0 Å². The minimum atomic E-state index is -3.44. The van der Waals surface area contributed by atoms with Gasteiger partial charge >= 0.3 is 0 Å². The van der Waals surface area contributed by atoms with Gasteiger partial charge in [-0.2, -0.15) is 0 Å². The summed E-state index contributed by atoms with van der Waals surface area (Å²) in [6.45, 7) is 0.143. The van der Waals surface area contributed by atoms with Gasteiger partial charge in [-0.3, -0.25) is 0 Å². The number of methoxy groups -OCH3 is 1. The number of nitrogens with one attached hydrogen (secondary N) is 1. The highest BCUT2D eigenvalue weighted by atomic mass is 32.2. The van der Waals surface area contributed by atoms with E-state index in [0.29, 0.717) is 6.42 Å². The largest absolute Gasteiger partial charge is 0.396 e. The number of hydrogen-bond donors (Lipinski definition) is 2. The van der Waals surface area contributed by atoms with Crippen molar-refractivity contribution in [1.82, 2.24) is 4.72 Å². The average Bonchev–Trinajstić information content (AvgIpc) is 2.40. The van der Waals surface area contributed by atoms with Crippen LogP contribution in [-0.4, -0.2) is 39.4 Å². The van der Waals surface area contributed by atoms with Crippen LogP contribution in [0.4, 0.5) is 0 Å². The first-order valence-electron chi connectivity index (χ1n) is 6.80. The summed E-state index contributed by atoms with van der Waals surface area (Å²) in [6.07, 6.45) is 3.06. The summed E-state index contributed by atoms with van der Waals surface area (Å²) in [7, 11) is -1.80. The first-order chi connectivity index (χ1) is 9.55. The molecule has 6 heteroatoms. The van der Waals surface area contributed by atoms with E-state index in [2.05, 4.69) is 4.72 Å². The quantitative estimate of drug-likeness (QED) is 0.789. The third kappa shape index (κ3) is 3.79. The van der Waals surface area contributed by atoms with Gasteiger partial charge < -0.3 is 9.84 Å². The number of aliphatic hydroxyl groups is 1. The molecule has 20 heavy (non-hydrogen) atoms. The Morgan fingerprint density at radius 2 is 1.95 bits per heavy atom. The van der Waals surface area contributed by atoms with Gasteiger partial charge in [-0.1, -0.05) is 12.1 Å². The second-order valence-electron chi connectivity index (χ2n) is 5.12. The van der Waals surface area contributed by atoms with Crippen LogP contribution in [0.15, 0.2) is 29.2 Å². The highest BCUT2D eigenvalue weighted by Crippen LogP contribution is 2.24. The molecule has 2 N–H and O–H groups in total. The van der Waals surface area contributed by atoms with E-state index < -0.39 is 10.0 Å². The van der Waals surface area contributed by atoms with Crippen molar-refractivity contribution in [2.75, 3.05) is 13.7 Å². The van der Waals surface area contributed by atoms with Crippen molar-refractivity contribution in [3.05, 3.63) is 29.8 Å². The minimum Gasteiger partial charge on any atom is -0.396 e. The van der Waals surface area contributed by atoms with Gasteiger partial charge in [0.05, 0.1) is 11.0 Å². The van der Waals surface area contributed by atoms with Crippen LogP contribution in [0.2, 0.25) is 0 Å². The highest BCUT2D eigenvalue weighted by molar-refractivity contribution is 7.89. The molecule has 0 bridgehead atoms. The van der Waals surface area contributed by atoms with Crippen molar-refractivity contribution in [3.8, 4) is 0 Å². The molecular weight excluding hydrogens is 278 g/mol. The molecule has 1 aliphatic carbocycles. The third-order valence-corrected chi connectivity index (χ3v) is 5.14. The molecule has 0 aromatic heterocycles. The van der Waals surface area contributed by atoms with Crippen LogP contribution in [-0.2, 0) is 21.2 Å². The van der Waals surface area contributed by atoms with Crippen LogP contribution in [0.25, 0.3) is 0 Å². The van der Waals surface area contributed by atoms with Crippen molar-refractivity contribution in [2.24, 2.45) is 0 Å². The van der Waals surface area contributed by atoms with Gasteiger partial charge in [0, 0.05) is 19.8 Å². The Morgan fingerprint density at radius 1 is 1.30 bits per heavy atom. The number of aryl methyl sites for hydroxylation is 1. The second-order valence-corrected chi connectivity index (χ2v) is 6.83. The van der Waals surface area contributed by atoms with Crippen molar-refractivity contribution in [2.45, 2.75) is 42.7 Å². The standard InChI is InChI=1S/C14H21NO4S/c1-19-13-9-12(10-13)15-20(17,18)14-6-4-11(5-7-14)3-2-8-16/h4-7,12-13,15-16H,2-3,8-10H2,1H3. The molecule has 0 aliphatic heterocycles. The van der Waals surface area contributed by atoms with Gasteiger partial charge in [0.25, 0.3) is 0 Å². The number of hydrogen-bond acceptors (Lipinski definition) is 4. The fourth-order valence-corrected chi connectivity index (χ4v) is 3.52. The lowest BCUT2D eigenvalue weighted by atomic mass is 9.90. The normalized spacial score (nSPS) is 22.5. The zero-order valence-electron chi connectivity index (χ0n) is 11.6. The van der Waals surface area contributed by atoms with Crippen LogP contribution >= 0.6 is 0 Å². The first kappa shape index (κ1) is 15.4. The summed E-state index contributed by atoms with van der Waals surface area (Å²) in [4.78, 5) is 0.283. The second kappa shape index (κ2) is 6.67. The maximum atomic E-state index is 12.2. The van der Waals surface area contributed by atoms with E-state index in [9.17, 15) is 8.42 Å². The maximum absolute atomic E-state index is 12.2. The van der Waals surface area contributed by atoms with Gasteiger partial charge in [-0.25, -0.2) is 13.1 Å². The minimum absolute atomic E-state index is 0.0287. The van der Waals surface area contributed by atoms with E-state index in [4.69, 9.17) is 9.84 Å². The summed E-state index contributed by atoms with van der Waals surface area (Å²) >= 11 is 0. The lowest BCUT2D eigenvalue weighted by molar-refractivity contribution is 0.0236. The Labute approximate surface area is 120 Å². The monoisotopic (exact) mass is 299 g/mol.